The Bertz CT molecular complexity index is 508. The molecule has 0 radical (unpaired) electrons. The molecule has 0 spiro atoms. The molecular formula is C19H27N. The topological polar surface area (TPSA) is 3.24 Å². The third-order valence-corrected chi connectivity index (χ3v) is 6.55. The molecule has 2 unspecified atom stereocenters. The van der Waals surface area contributed by atoms with Crippen LogP contribution in [0.2, 0.25) is 0 Å². The fourth-order valence-electron chi connectivity index (χ4n) is 5.82. The fraction of sp³-hybridized carbons (Fsp3) is 0.684. The number of likely N-dealkylation sites (tertiary alicyclic amines) is 1. The van der Waals surface area contributed by atoms with E-state index in [0.29, 0.717) is 11.0 Å². The summed E-state index contributed by atoms with van der Waals surface area (Å²) in [5.74, 6) is 0. The van der Waals surface area contributed by atoms with Gasteiger partial charge in [0.1, 0.15) is 0 Å². The Balaban J connectivity index is 1.90. The van der Waals surface area contributed by atoms with Crippen molar-refractivity contribution in [2.45, 2.75) is 63.8 Å². The zero-order valence-electron chi connectivity index (χ0n) is 12.8. The van der Waals surface area contributed by atoms with Gasteiger partial charge in [0, 0.05) is 0 Å². The molecule has 0 amide bonds. The van der Waals surface area contributed by atoms with E-state index in [-0.39, 0.29) is 0 Å². The molecule has 0 N–H and O–H groups in total. The molecule has 0 bridgehead atoms. The third-order valence-electron chi connectivity index (χ3n) is 6.55. The van der Waals surface area contributed by atoms with Crippen molar-refractivity contribution in [3.8, 4) is 0 Å². The van der Waals surface area contributed by atoms with Crippen molar-refractivity contribution in [1.82, 2.24) is 4.90 Å². The lowest BCUT2D eigenvalue weighted by atomic mass is 9.53. The summed E-state index contributed by atoms with van der Waals surface area (Å²) in [7, 11) is 0. The highest BCUT2D eigenvalue weighted by molar-refractivity contribution is 5.41. The van der Waals surface area contributed by atoms with Gasteiger partial charge in [-0.3, -0.25) is 4.90 Å². The summed E-state index contributed by atoms with van der Waals surface area (Å²) in [6.45, 7) is 4.96. The number of hydrogen-bond donors (Lipinski definition) is 0. The molecule has 3 aliphatic rings. The van der Waals surface area contributed by atoms with Gasteiger partial charge >= 0.3 is 0 Å². The van der Waals surface area contributed by atoms with Gasteiger partial charge < -0.3 is 0 Å². The van der Waals surface area contributed by atoms with Gasteiger partial charge in [-0.05, 0) is 68.2 Å². The van der Waals surface area contributed by atoms with E-state index in [2.05, 4.69) is 36.1 Å². The summed E-state index contributed by atoms with van der Waals surface area (Å²) in [5, 5.41) is 0. The molecule has 0 aromatic heterocycles. The number of fused-ring (bicyclic) bond motifs is 1. The molecule has 108 valence electrons. The molecule has 4 rings (SSSR count). The van der Waals surface area contributed by atoms with E-state index in [9.17, 15) is 0 Å². The molecule has 1 aromatic rings. The Labute approximate surface area is 123 Å². The van der Waals surface area contributed by atoms with Crippen LogP contribution < -0.4 is 0 Å². The summed E-state index contributed by atoms with van der Waals surface area (Å²) in [6, 6.07) is 9.37. The SMILES string of the molecule is CCCN1CCC23CCCCC12c1ccccc1CC3. The first-order valence-electron chi connectivity index (χ1n) is 8.66. The second kappa shape index (κ2) is 4.59. The second-order valence-corrected chi connectivity index (χ2v) is 7.24. The van der Waals surface area contributed by atoms with Crippen molar-refractivity contribution in [3.05, 3.63) is 35.4 Å². The van der Waals surface area contributed by atoms with E-state index in [0.717, 1.165) is 0 Å². The van der Waals surface area contributed by atoms with Gasteiger partial charge in [-0.1, -0.05) is 44.0 Å². The van der Waals surface area contributed by atoms with Crippen molar-refractivity contribution in [2.24, 2.45) is 5.41 Å². The zero-order valence-corrected chi connectivity index (χ0v) is 12.8. The Morgan fingerprint density at radius 2 is 1.90 bits per heavy atom. The van der Waals surface area contributed by atoms with Crippen LogP contribution in [0, 0.1) is 5.41 Å². The molecule has 1 saturated carbocycles. The first-order valence-corrected chi connectivity index (χ1v) is 8.66. The molecule has 1 heterocycles. The van der Waals surface area contributed by atoms with Gasteiger partial charge in [0.05, 0.1) is 5.54 Å². The highest BCUT2D eigenvalue weighted by Crippen LogP contribution is 2.64. The van der Waals surface area contributed by atoms with Crippen LogP contribution in [-0.4, -0.2) is 18.0 Å². The molecule has 1 saturated heterocycles. The normalized spacial score (nSPS) is 36.2. The third kappa shape index (κ3) is 1.48. The summed E-state index contributed by atoms with van der Waals surface area (Å²) in [5.41, 5.74) is 4.36. The minimum absolute atomic E-state index is 0.399. The predicted molar refractivity (Wildman–Crippen MR) is 83.8 cm³/mol. The number of hydrogen-bond acceptors (Lipinski definition) is 1. The van der Waals surface area contributed by atoms with Gasteiger partial charge in [-0.25, -0.2) is 0 Å². The first-order chi connectivity index (χ1) is 9.82. The average Bonchev–Trinajstić information content (AvgIpc) is 2.84. The molecule has 1 aliphatic heterocycles. The number of nitrogens with zero attached hydrogens (tertiary/aromatic N) is 1. The van der Waals surface area contributed by atoms with Crippen molar-refractivity contribution in [3.63, 3.8) is 0 Å². The maximum Gasteiger partial charge on any atom is 0.0520 e. The Hall–Kier alpha value is -0.820. The largest absolute Gasteiger partial charge is 0.293 e. The highest BCUT2D eigenvalue weighted by atomic mass is 15.2. The monoisotopic (exact) mass is 269 g/mol. The Kier molecular flexibility index (Phi) is 2.96. The molecule has 1 nitrogen and oxygen atoms in total. The quantitative estimate of drug-likeness (QED) is 0.764. The van der Waals surface area contributed by atoms with Crippen molar-refractivity contribution in [1.29, 1.82) is 0 Å². The van der Waals surface area contributed by atoms with Crippen LogP contribution in [0.5, 0.6) is 0 Å². The van der Waals surface area contributed by atoms with Crippen LogP contribution in [0.3, 0.4) is 0 Å². The number of aryl methyl sites for hydroxylation is 1. The Morgan fingerprint density at radius 3 is 2.80 bits per heavy atom. The van der Waals surface area contributed by atoms with Crippen LogP contribution in [0.4, 0.5) is 0 Å². The van der Waals surface area contributed by atoms with Crippen molar-refractivity contribution >= 4 is 0 Å². The van der Waals surface area contributed by atoms with Crippen LogP contribution in [0.25, 0.3) is 0 Å². The Morgan fingerprint density at radius 1 is 1.05 bits per heavy atom. The first kappa shape index (κ1) is 12.9. The lowest BCUT2D eigenvalue weighted by Gasteiger charge is -2.57. The average molecular weight is 269 g/mol. The van der Waals surface area contributed by atoms with Crippen LogP contribution in [0.15, 0.2) is 24.3 Å². The standard InChI is InChI=1S/C19H27N/c1-2-14-20-15-13-18-10-5-6-11-19(18,20)17-8-4-3-7-16(17)9-12-18/h3-4,7-8H,2,5-6,9-15H2,1H3. The lowest BCUT2D eigenvalue weighted by molar-refractivity contribution is -0.0258. The van der Waals surface area contributed by atoms with Gasteiger partial charge in [0.25, 0.3) is 0 Å². The van der Waals surface area contributed by atoms with Gasteiger partial charge in [0.15, 0.2) is 0 Å². The molecule has 2 atom stereocenters. The zero-order chi connectivity index (χ0) is 13.6. The van der Waals surface area contributed by atoms with Gasteiger partial charge in [-0.2, -0.15) is 0 Å². The van der Waals surface area contributed by atoms with E-state index in [1.54, 1.807) is 11.1 Å². The molecule has 2 aliphatic carbocycles. The van der Waals surface area contributed by atoms with E-state index < -0.39 is 0 Å². The second-order valence-electron chi connectivity index (χ2n) is 7.24. The van der Waals surface area contributed by atoms with E-state index >= 15 is 0 Å². The fourth-order valence-corrected chi connectivity index (χ4v) is 5.82. The van der Waals surface area contributed by atoms with Crippen molar-refractivity contribution in [2.75, 3.05) is 13.1 Å². The molecule has 1 aromatic carbocycles. The van der Waals surface area contributed by atoms with Crippen LogP contribution in [0.1, 0.15) is 63.0 Å². The lowest BCUT2D eigenvalue weighted by Crippen LogP contribution is -2.55. The van der Waals surface area contributed by atoms with Crippen LogP contribution >= 0.6 is 0 Å². The summed E-state index contributed by atoms with van der Waals surface area (Å²) >= 11 is 0. The number of rotatable bonds is 2. The molecule has 2 fully saturated rings. The van der Waals surface area contributed by atoms with Gasteiger partial charge in [-0.15, -0.1) is 0 Å². The van der Waals surface area contributed by atoms with E-state index in [4.69, 9.17) is 0 Å². The van der Waals surface area contributed by atoms with Crippen molar-refractivity contribution < 1.29 is 0 Å². The highest BCUT2D eigenvalue weighted by Gasteiger charge is 2.61. The maximum absolute atomic E-state index is 2.88. The van der Waals surface area contributed by atoms with E-state index in [1.807, 2.05) is 0 Å². The summed E-state index contributed by atoms with van der Waals surface area (Å²) in [6.07, 6.45) is 11.3. The minimum Gasteiger partial charge on any atom is -0.293 e. The summed E-state index contributed by atoms with van der Waals surface area (Å²) in [4.78, 5) is 2.88. The summed E-state index contributed by atoms with van der Waals surface area (Å²) < 4.78 is 0. The predicted octanol–water partition coefficient (Wildman–Crippen LogP) is 4.50. The molecule has 1 heteroatoms. The minimum atomic E-state index is 0.399. The number of benzene rings is 1. The molecular weight excluding hydrogens is 242 g/mol. The smallest absolute Gasteiger partial charge is 0.0520 e. The van der Waals surface area contributed by atoms with Gasteiger partial charge in [0.2, 0.25) is 0 Å². The van der Waals surface area contributed by atoms with Crippen LogP contribution in [-0.2, 0) is 12.0 Å². The van der Waals surface area contributed by atoms with E-state index in [1.165, 1.54) is 64.5 Å². The maximum atomic E-state index is 2.88. The molecule has 20 heavy (non-hydrogen) atoms.